The summed E-state index contributed by atoms with van der Waals surface area (Å²) in [5.41, 5.74) is -0.322. The lowest BCUT2D eigenvalue weighted by atomic mass is 9.82. The Morgan fingerprint density at radius 2 is 2.11 bits per heavy atom. The van der Waals surface area contributed by atoms with Gasteiger partial charge in [-0.3, -0.25) is 4.57 Å². The summed E-state index contributed by atoms with van der Waals surface area (Å²) in [5, 5.41) is 12.7. The van der Waals surface area contributed by atoms with Gasteiger partial charge in [0.25, 0.3) is 0 Å². The van der Waals surface area contributed by atoms with Crippen LogP contribution >= 0.6 is 0 Å². The van der Waals surface area contributed by atoms with Gasteiger partial charge in [0.2, 0.25) is 0 Å². The molecule has 18 heavy (non-hydrogen) atoms. The van der Waals surface area contributed by atoms with Crippen LogP contribution in [0, 0.1) is 0 Å². The van der Waals surface area contributed by atoms with Gasteiger partial charge in [-0.15, -0.1) is 0 Å². The SMILES string of the molecule is OCC1(NCc2nccn2C(F)F)CCCCC1. The zero-order chi connectivity index (χ0) is 13.0. The number of rotatable bonds is 5. The molecule has 1 aliphatic carbocycles. The van der Waals surface area contributed by atoms with E-state index in [0.717, 1.165) is 30.3 Å². The van der Waals surface area contributed by atoms with Crippen LogP contribution in [0.25, 0.3) is 0 Å². The minimum atomic E-state index is -2.57. The zero-order valence-electron chi connectivity index (χ0n) is 10.3. The van der Waals surface area contributed by atoms with E-state index in [1.54, 1.807) is 0 Å². The highest BCUT2D eigenvalue weighted by Crippen LogP contribution is 2.28. The van der Waals surface area contributed by atoms with Crippen LogP contribution in [0.2, 0.25) is 0 Å². The van der Waals surface area contributed by atoms with E-state index in [9.17, 15) is 13.9 Å². The molecule has 0 saturated heterocycles. The predicted octanol–water partition coefficient (Wildman–Crippen LogP) is 2.06. The normalized spacial score (nSPS) is 19.3. The van der Waals surface area contributed by atoms with Gasteiger partial charge in [-0.05, 0) is 12.8 Å². The van der Waals surface area contributed by atoms with Crippen molar-refractivity contribution in [3.8, 4) is 0 Å². The fourth-order valence-electron chi connectivity index (χ4n) is 2.54. The molecule has 2 N–H and O–H groups in total. The second kappa shape index (κ2) is 5.75. The fourth-order valence-corrected chi connectivity index (χ4v) is 2.54. The molecule has 0 aliphatic heterocycles. The second-order valence-electron chi connectivity index (χ2n) is 4.88. The minimum absolute atomic E-state index is 0.0440. The first-order valence-corrected chi connectivity index (χ1v) is 6.33. The number of alkyl halides is 2. The summed E-state index contributed by atoms with van der Waals surface area (Å²) in [7, 11) is 0. The molecule has 1 fully saturated rings. The van der Waals surface area contributed by atoms with Crippen LogP contribution < -0.4 is 5.32 Å². The molecular weight excluding hydrogens is 240 g/mol. The third-order valence-corrected chi connectivity index (χ3v) is 3.69. The molecule has 1 heterocycles. The van der Waals surface area contributed by atoms with Crippen LogP contribution in [0.1, 0.15) is 44.5 Å². The van der Waals surface area contributed by atoms with Crippen LogP contribution in [-0.2, 0) is 6.54 Å². The van der Waals surface area contributed by atoms with Gasteiger partial charge in [-0.1, -0.05) is 19.3 Å². The summed E-state index contributed by atoms with van der Waals surface area (Å²) in [5.74, 6) is 0.309. The molecule has 0 unspecified atom stereocenters. The first-order chi connectivity index (χ1) is 8.67. The van der Waals surface area contributed by atoms with Crippen molar-refractivity contribution in [1.82, 2.24) is 14.9 Å². The van der Waals surface area contributed by atoms with Gasteiger partial charge in [-0.25, -0.2) is 4.98 Å². The molecule has 102 valence electrons. The first-order valence-electron chi connectivity index (χ1n) is 6.33. The number of nitrogens with zero attached hydrogens (tertiary/aromatic N) is 2. The number of aliphatic hydroxyl groups excluding tert-OH is 1. The third kappa shape index (κ3) is 2.87. The Balaban J connectivity index is 1.99. The summed E-state index contributed by atoms with van der Waals surface area (Å²) in [6.07, 6.45) is 7.73. The summed E-state index contributed by atoms with van der Waals surface area (Å²) in [6, 6.07) is 0. The Morgan fingerprint density at radius 3 is 2.72 bits per heavy atom. The van der Waals surface area contributed by atoms with Crippen molar-refractivity contribution in [3.63, 3.8) is 0 Å². The van der Waals surface area contributed by atoms with E-state index >= 15 is 0 Å². The zero-order valence-corrected chi connectivity index (χ0v) is 10.3. The van der Waals surface area contributed by atoms with Gasteiger partial charge >= 0.3 is 6.55 Å². The van der Waals surface area contributed by atoms with Crippen molar-refractivity contribution in [2.24, 2.45) is 0 Å². The van der Waals surface area contributed by atoms with Crippen molar-refractivity contribution < 1.29 is 13.9 Å². The van der Waals surface area contributed by atoms with E-state index in [1.165, 1.54) is 18.8 Å². The van der Waals surface area contributed by atoms with E-state index < -0.39 is 6.55 Å². The number of aliphatic hydroxyl groups is 1. The maximum atomic E-state index is 12.6. The van der Waals surface area contributed by atoms with E-state index in [4.69, 9.17) is 0 Å². The Kier molecular flexibility index (Phi) is 4.29. The smallest absolute Gasteiger partial charge is 0.319 e. The van der Waals surface area contributed by atoms with E-state index in [2.05, 4.69) is 10.3 Å². The van der Waals surface area contributed by atoms with Crippen LogP contribution in [-0.4, -0.2) is 26.8 Å². The molecule has 0 bridgehead atoms. The Hall–Kier alpha value is -1.01. The Labute approximate surface area is 105 Å². The maximum Gasteiger partial charge on any atom is 0.319 e. The second-order valence-corrected chi connectivity index (χ2v) is 4.88. The quantitative estimate of drug-likeness (QED) is 0.851. The average Bonchev–Trinajstić information content (AvgIpc) is 2.86. The molecule has 2 rings (SSSR count). The summed E-state index contributed by atoms with van der Waals surface area (Å²) < 4.78 is 26.1. The number of aromatic nitrogens is 2. The molecule has 1 aromatic heterocycles. The van der Waals surface area contributed by atoms with E-state index in [-0.39, 0.29) is 18.7 Å². The van der Waals surface area contributed by atoms with Gasteiger partial charge in [0.05, 0.1) is 13.2 Å². The predicted molar refractivity (Wildman–Crippen MR) is 63.2 cm³/mol. The highest BCUT2D eigenvalue weighted by Gasteiger charge is 2.31. The summed E-state index contributed by atoms with van der Waals surface area (Å²) >= 11 is 0. The van der Waals surface area contributed by atoms with Crippen molar-refractivity contribution in [3.05, 3.63) is 18.2 Å². The Morgan fingerprint density at radius 1 is 1.39 bits per heavy atom. The number of hydrogen-bond donors (Lipinski definition) is 2. The topological polar surface area (TPSA) is 50.1 Å². The highest BCUT2D eigenvalue weighted by atomic mass is 19.3. The fraction of sp³-hybridized carbons (Fsp3) is 0.750. The third-order valence-electron chi connectivity index (χ3n) is 3.69. The molecule has 1 aromatic rings. The average molecular weight is 259 g/mol. The molecule has 0 radical (unpaired) electrons. The lowest BCUT2D eigenvalue weighted by Gasteiger charge is -2.36. The van der Waals surface area contributed by atoms with Crippen molar-refractivity contribution in [2.45, 2.75) is 50.7 Å². The number of halogens is 2. The standard InChI is InChI=1S/C12H19F2N3O/c13-11(14)17-7-6-15-10(17)8-16-12(9-18)4-2-1-3-5-12/h6-7,11,16,18H,1-5,8-9H2. The summed E-state index contributed by atoms with van der Waals surface area (Å²) in [4.78, 5) is 3.93. The van der Waals surface area contributed by atoms with Crippen LogP contribution in [0.4, 0.5) is 8.78 Å². The van der Waals surface area contributed by atoms with Gasteiger partial charge < -0.3 is 10.4 Å². The monoisotopic (exact) mass is 259 g/mol. The summed E-state index contributed by atoms with van der Waals surface area (Å²) in [6.45, 7) is -2.26. The Bertz CT molecular complexity index is 375. The maximum absolute atomic E-state index is 12.6. The molecule has 0 amide bonds. The van der Waals surface area contributed by atoms with Gasteiger partial charge in [0, 0.05) is 17.9 Å². The largest absolute Gasteiger partial charge is 0.394 e. The number of nitrogens with one attached hydrogen (secondary N) is 1. The molecule has 6 heteroatoms. The van der Waals surface area contributed by atoms with Crippen LogP contribution in [0.15, 0.2) is 12.4 Å². The molecule has 4 nitrogen and oxygen atoms in total. The van der Waals surface area contributed by atoms with Gasteiger partial charge in [0.1, 0.15) is 5.82 Å². The van der Waals surface area contributed by atoms with Crippen LogP contribution in [0.3, 0.4) is 0 Å². The molecular formula is C12H19F2N3O. The van der Waals surface area contributed by atoms with Gasteiger partial charge in [0.15, 0.2) is 0 Å². The lowest BCUT2D eigenvalue weighted by molar-refractivity contribution is 0.0644. The molecule has 1 saturated carbocycles. The van der Waals surface area contributed by atoms with Crippen molar-refractivity contribution in [1.29, 1.82) is 0 Å². The van der Waals surface area contributed by atoms with E-state index in [1.807, 2.05) is 0 Å². The number of imidazole rings is 1. The molecule has 0 aromatic carbocycles. The molecule has 1 aliphatic rings. The van der Waals surface area contributed by atoms with Gasteiger partial charge in [-0.2, -0.15) is 8.78 Å². The lowest BCUT2D eigenvalue weighted by Crippen LogP contribution is -2.49. The first kappa shape index (κ1) is 13.4. The highest BCUT2D eigenvalue weighted by molar-refractivity contribution is 4.97. The molecule has 0 spiro atoms. The van der Waals surface area contributed by atoms with E-state index in [0.29, 0.717) is 5.82 Å². The minimum Gasteiger partial charge on any atom is -0.394 e. The molecule has 0 atom stereocenters. The van der Waals surface area contributed by atoms with Crippen molar-refractivity contribution >= 4 is 0 Å². The van der Waals surface area contributed by atoms with Crippen molar-refractivity contribution in [2.75, 3.05) is 6.61 Å². The number of hydrogen-bond acceptors (Lipinski definition) is 3. The van der Waals surface area contributed by atoms with Crippen LogP contribution in [0.5, 0.6) is 0 Å².